The van der Waals surface area contributed by atoms with Gasteiger partial charge in [0.25, 0.3) is 6.33 Å². The van der Waals surface area contributed by atoms with Crippen molar-refractivity contribution in [1.29, 1.82) is 0 Å². The van der Waals surface area contributed by atoms with Crippen molar-refractivity contribution in [1.82, 2.24) is 14.1 Å². The third-order valence-corrected chi connectivity index (χ3v) is 15.6. The maximum absolute atomic E-state index is 7.41. The monoisotopic (exact) mass is 1210 g/mol. The van der Waals surface area contributed by atoms with Gasteiger partial charge >= 0.3 is 0 Å². The van der Waals surface area contributed by atoms with E-state index in [1.807, 2.05) is 6.20 Å². The molecule has 0 spiro atoms. The third kappa shape index (κ3) is 10.6. The first kappa shape index (κ1) is 55.9. The molecular weight excluding hydrogens is 1130 g/mol. The zero-order valence-electron chi connectivity index (χ0n) is 48.7. The summed E-state index contributed by atoms with van der Waals surface area (Å²) in [6.45, 7) is 36.8. The fourth-order valence-corrected chi connectivity index (χ4v) is 11.1. The molecule has 0 aliphatic rings. The van der Waals surface area contributed by atoms with E-state index in [4.69, 9.17) is 9.72 Å². The standard InChI is InChI=1S/C72H76N4O.Pt/c1-67(2,3)52-36-37-73-63(43-52)76-61-35-27-26-34-59(61)64-60(72(15,16)51-32-24-19-25-33-51)45-58(46-62(64)76)77-57-42-54(71(13,14)50-30-22-18-23-31-50)41-56(44-57)75-47-74(65(69(7,8)9)66(75)70(10,11)12)55-39-49(48-28-20-17-21-29-48)38-53(40-55)68(4,5)6;/h17-43,45H,1-16H3;/q-2;. The van der Waals surface area contributed by atoms with Gasteiger partial charge < -0.3 is 13.9 Å². The van der Waals surface area contributed by atoms with E-state index >= 15 is 0 Å². The van der Waals surface area contributed by atoms with E-state index in [0.29, 0.717) is 11.5 Å². The van der Waals surface area contributed by atoms with E-state index in [1.54, 1.807) is 0 Å². The summed E-state index contributed by atoms with van der Waals surface area (Å²) in [4.78, 5) is 5.07. The molecule has 0 saturated carbocycles. The summed E-state index contributed by atoms with van der Waals surface area (Å²) in [6, 6.07) is 66.9. The first-order valence-corrected chi connectivity index (χ1v) is 27.4. The van der Waals surface area contributed by atoms with Gasteiger partial charge in [0.2, 0.25) is 0 Å². The molecule has 0 aliphatic carbocycles. The van der Waals surface area contributed by atoms with Crippen LogP contribution >= 0.6 is 0 Å². The van der Waals surface area contributed by atoms with Crippen molar-refractivity contribution in [3.63, 3.8) is 0 Å². The minimum absolute atomic E-state index is 0. The number of nitrogens with zero attached hydrogens (tertiary/aromatic N) is 4. The summed E-state index contributed by atoms with van der Waals surface area (Å²) in [5.74, 6) is 2.02. The Hall–Kier alpha value is -6.81. The Morgan fingerprint density at radius 2 is 1.05 bits per heavy atom. The van der Waals surface area contributed by atoms with Gasteiger partial charge in [-0.05, 0) is 107 Å². The van der Waals surface area contributed by atoms with Crippen molar-refractivity contribution in [3.05, 3.63) is 233 Å². The number of rotatable bonds is 10. The van der Waals surface area contributed by atoms with Gasteiger partial charge in [0.05, 0.1) is 17.1 Å². The molecule has 0 radical (unpaired) electrons. The normalized spacial score (nSPS) is 12.8. The van der Waals surface area contributed by atoms with Crippen LogP contribution in [0.1, 0.15) is 156 Å². The van der Waals surface area contributed by atoms with Crippen molar-refractivity contribution in [2.75, 3.05) is 0 Å². The molecule has 0 bridgehead atoms. The second-order valence-electron chi connectivity index (χ2n) is 26.3. The largest absolute Gasteiger partial charge is 0.510 e. The Labute approximate surface area is 479 Å². The second-order valence-corrected chi connectivity index (χ2v) is 26.3. The van der Waals surface area contributed by atoms with Crippen LogP contribution in [-0.4, -0.2) is 14.1 Å². The van der Waals surface area contributed by atoms with E-state index in [0.717, 1.165) is 55.8 Å². The first-order chi connectivity index (χ1) is 36.2. The molecule has 10 aromatic rings. The summed E-state index contributed by atoms with van der Waals surface area (Å²) < 4.78 is 14.3. The fourth-order valence-electron chi connectivity index (χ4n) is 11.1. The molecule has 0 unspecified atom stereocenters. The molecule has 6 heteroatoms. The minimum Gasteiger partial charge on any atom is -0.510 e. The van der Waals surface area contributed by atoms with Crippen molar-refractivity contribution in [3.8, 4) is 39.8 Å². The van der Waals surface area contributed by atoms with Crippen molar-refractivity contribution in [2.24, 2.45) is 0 Å². The van der Waals surface area contributed by atoms with Gasteiger partial charge in [0.15, 0.2) is 0 Å². The van der Waals surface area contributed by atoms with Crippen LogP contribution in [0, 0.1) is 18.5 Å². The average Bonchev–Trinajstić information content (AvgIpc) is 4.14. The summed E-state index contributed by atoms with van der Waals surface area (Å²) >= 11 is 0. The van der Waals surface area contributed by atoms with E-state index in [9.17, 15) is 0 Å². The molecular formula is C72H76N4OPt-2. The van der Waals surface area contributed by atoms with Crippen molar-refractivity contribution < 1.29 is 30.4 Å². The summed E-state index contributed by atoms with van der Waals surface area (Å²) in [5, 5.41) is 2.26. The van der Waals surface area contributed by atoms with Crippen LogP contribution in [0.3, 0.4) is 0 Å². The smallest absolute Gasteiger partial charge is 0.267 e. The molecule has 0 aliphatic heterocycles. The Morgan fingerprint density at radius 1 is 0.474 bits per heavy atom. The summed E-state index contributed by atoms with van der Waals surface area (Å²) in [6.07, 6.45) is 5.95. The van der Waals surface area contributed by atoms with Crippen molar-refractivity contribution in [2.45, 2.75) is 143 Å². The predicted octanol–water partition coefficient (Wildman–Crippen LogP) is 17.9. The number of para-hydroxylation sites is 1. The molecule has 5 nitrogen and oxygen atoms in total. The predicted molar refractivity (Wildman–Crippen MR) is 320 cm³/mol. The number of benzene rings is 7. The molecule has 0 N–H and O–H groups in total. The van der Waals surface area contributed by atoms with E-state index < -0.39 is 10.8 Å². The van der Waals surface area contributed by atoms with E-state index in [1.165, 1.54) is 39.1 Å². The number of aromatic nitrogens is 4. The van der Waals surface area contributed by atoms with Crippen molar-refractivity contribution >= 4 is 21.8 Å². The molecule has 0 fully saturated rings. The quantitative estimate of drug-likeness (QED) is 0.101. The zero-order chi connectivity index (χ0) is 55.0. The van der Waals surface area contributed by atoms with E-state index in [-0.39, 0.29) is 42.7 Å². The molecule has 10 rings (SSSR count). The molecule has 3 aromatic heterocycles. The maximum atomic E-state index is 7.41. The number of hydrogen-bond acceptors (Lipinski definition) is 2. The second kappa shape index (κ2) is 20.4. The SMILES string of the molecule is CC(C)(C)c1cc(-c2ccccc2)cc(-[n+]2[c-]n(-c3[c-]c(Oc4[c-]c5c(c(C(C)(C)c6ccccc6)c4)c4ccccc4n5-c4cc(C(C)(C)C)ccn4)cc(C(C)(C)c4ccccc4)c3)c(C(C)(C)C)c2C(C)(C)C)c1.[Pt]. The maximum Gasteiger partial charge on any atom is 0.267 e. The molecule has 78 heavy (non-hydrogen) atoms. The number of imidazole rings is 1. The molecule has 0 amide bonds. The fraction of sp³-hybridized carbons (Fsp3) is 0.306. The topological polar surface area (TPSA) is 35.9 Å². The van der Waals surface area contributed by atoms with Crippen LogP contribution in [-0.2, 0) is 53.6 Å². The molecule has 0 atom stereocenters. The van der Waals surface area contributed by atoms with Gasteiger partial charge in [0.1, 0.15) is 5.82 Å². The van der Waals surface area contributed by atoms with Gasteiger partial charge in [-0.15, -0.1) is 35.4 Å². The summed E-state index contributed by atoms with van der Waals surface area (Å²) in [7, 11) is 0. The Morgan fingerprint density at radius 3 is 1.65 bits per heavy atom. The van der Waals surface area contributed by atoms with Gasteiger partial charge in [-0.3, -0.25) is 4.57 Å². The van der Waals surface area contributed by atoms with Crippen LogP contribution in [0.4, 0.5) is 0 Å². The third-order valence-electron chi connectivity index (χ3n) is 15.6. The summed E-state index contributed by atoms with van der Waals surface area (Å²) in [5.41, 5.74) is 14.0. The van der Waals surface area contributed by atoms with Crippen LogP contribution < -0.4 is 9.30 Å². The number of fused-ring (bicyclic) bond motifs is 3. The molecule has 402 valence electrons. The Bertz CT molecular complexity index is 3800. The van der Waals surface area contributed by atoms with Gasteiger partial charge in [-0.2, -0.15) is 6.07 Å². The number of pyridine rings is 1. The van der Waals surface area contributed by atoms with Gasteiger partial charge in [-0.25, -0.2) is 4.98 Å². The minimum atomic E-state index is -0.447. The zero-order valence-corrected chi connectivity index (χ0v) is 51.0. The van der Waals surface area contributed by atoms with Crippen LogP contribution in [0.5, 0.6) is 11.5 Å². The molecule has 0 saturated heterocycles. The van der Waals surface area contributed by atoms with Crippen LogP contribution in [0.2, 0.25) is 0 Å². The number of hydrogen-bond donors (Lipinski definition) is 0. The molecule has 7 aromatic carbocycles. The van der Waals surface area contributed by atoms with E-state index in [2.05, 4.69) is 307 Å². The van der Waals surface area contributed by atoms with Crippen LogP contribution in [0.15, 0.2) is 170 Å². The molecule has 3 heterocycles. The Kier molecular flexibility index (Phi) is 14.7. The number of ether oxygens (including phenoxy) is 1. The van der Waals surface area contributed by atoms with Gasteiger partial charge in [-0.1, -0.05) is 237 Å². The van der Waals surface area contributed by atoms with Gasteiger partial charge in [0, 0.05) is 44.3 Å². The average molecular weight is 1210 g/mol. The van der Waals surface area contributed by atoms with Crippen LogP contribution in [0.25, 0.3) is 50.1 Å². The first-order valence-electron chi connectivity index (χ1n) is 27.4. The Balaban J connectivity index is 0.00000740.